The molecule has 0 saturated carbocycles. The molecule has 4 aromatic rings. The highest BCUT2D eigenvalue weighted by atomic mass is 16.7. The Bertz CT molecular complexity index is 1630. The minimum absolute atomic E-state index is 0.0139. The summed E-state index contributed by atoms with van der Waals surface area (Å²) in [5.74, 6) is -0.253. The molecule has 0 radical (unpaired) electrons. The van der Waals surface area contributed by atoms with Crippen LogP contribution in [0.3, 0.4) is 0 Å². The average Bonchev–Trinajstić information content (AvgIpc) is 3.11. The lowest BCUT2D eigenvalue weighted by Crippen LogP contribution is -2.38. The van der Waals surface area contributed by atoms with Crippen LogP contribution in [0.4, 0.5) is 17.1 Å². The SMILES string of the molecule is C[C@@H](c1ccccc1)N(C)C[C@@H]1C[C@H](c2ccc(CO)cc2)O[C@H](c2cccc(NC(=O)CCCCC(=O)Nc3ccccc3N)c2)O1. The van der Waals surface area contributed by atoms with Crippen molar-refractivity contribution in [3.63, 3.8) is 0 Å². The number of carbonyl (C=O) groups excluding carboxylic acids is 2. The summed E-state index contributed by atoms with van der Waals surface area (Å²) in [5, 5.41) is 15.3. The number of nitrogen functional groups attached to an aromatic ring is 1. The Labute approximate surface area is 283 Å². The van der Waals surface area contributed by atoms with Crippen LogP contribution in [0.1, 0.15) is 79.7 Å². The van der Waals surface area contributed by atoms with Crippen molar-refractivity contribution in [2.45, 2.75) is 70.2 Å². The van der Waals surface area contributed by atoms with Gasteiger partial charge in [0.05, 0.1) is 30.2 Å². The van der Waals surface area contributed by atoms with E-state index in [0.29, 0.717) is 55.7 Å². The Kier molecular flexibility index (Phi) is 12.3. The van der Waals surface area contributed by atoms with Crippen molar-refractivity contribution in [3.05, 3.63) is 125 Å². The van der Waals surface area contributed by atoms with E-state index in [1.54, 1.807) is 12.1 Å². The second-order valence-corrected chi connectivity index (χ2v) is 12.4. The van der Waals surface area contributed by atoms with E-state index < -0.39 is 6.29 Å². The van der Waals surface area contributed by atoms with Gasteiger partial charge in [-0.15, -0.1) is 0 Å². The number of hydrogen-bond donors (Lipinski definition) is 4. The third-order valence-electron chi connectivity index (χ3n) is 8.78. The standard InChI is InChI=1S/C39H46N4O5/c1-27(29-11-4-3-5-12-29)43(2)25-33-24-36(30-21-19-28(26-44)20-22-30)48-39(47-33)31-13-10-14-32(23-31)41-37(45)17-8-9-18-38(46)42-35-16-7-6-15-34(35)40/h3-7,10-16,19-23,27,33,36,39,44H,8-9,17-18,24-26,40H2,1-2H3,(H,41,45)(H,42,46)/t27-,33-,36+,39+/m0/s1. The number of nitrogens with two attached hydrogens (primary N) is 1. The van der Waals surface area contributed by atoms with Gasteiger partial charge in [-0.1, -0.05) is 78.9 Å². The van der Waals surface area contributed by atoms with Crippen LogP contribution >= 0.6 is 0 Å². The largest absolute Gasteiger partial charge is 0.397 e. The molecule has 0 unspecified atom stereocenters. The minimum atomic E-state index is -0.638. The van der Waals surface area contributed by atoms with Crippen molar-refractivity contribution in [1.29, 1.82) is 0 Å². The highest BCUT2D eigenvalue weighted by molar-refractivity contribution is 5.94. The molecule has 5 rings (SSSR count). The number of nitrogens with one attached hydrogen (secondary N) is 2. The van der Waals surface area contributed by atoms with Gasteiger partial charge in [0, 0.05) is 43.1 Å². The first kappa shape index (κ1) is 34.8. The van der Waals surface area contributed by atoms with E-state index in [-0.39, 0.29) is 36.7 Å². The number of rotatable bonds is 14. The molecule has 0 aliphatic carbocycles. The second kappa shape index (κ2) is 17.0. The number of amides is 2. The van der Waals surface area contributed by atoms with Gasteiger partial charge in [0.2, 0.25) is 11.8 Å². The molecular formula is C39H46N4O5. The number of carbonyl (C=O) groups is 2. The van der Waals surface area contributed by atoms with Gasteiger partial charge in [0.1, 0.15) is 0 Å². The van der Waals surface area contributed by atoms with Crippen molar-refractivity contribution in [2.75, 3.05) is 30.0 Å². The maximum atomic E-state index is 12.8. The molecule has 1 aliphatic heterocycles. The van der Waals surface area contributed by atoms with Crippen LogP contribution in [0.15, 0.2) is 103 Å². The van der Waals surface area contributed by atoms with Crippen molar-refractivity contribution < 1.29 is 24.2 Å². The van der Waals surface area contributed by atoms with Crippen LogP contribution in [-0.2, 0) is 25.7 Å². The summed E-state index contributed by atoms with van der Waals surface area (Å²) in [7, 11) is 2.11. The molecule has 9 heteroatoms. The summed E-state index contributed by atoms with van der Waals surface area (Å²) in [6.07, 6.45) is 1.46. The molecular weight excluding hydrogens is 604 g/mol. The number of nitrogens with zero attached hydrogens (tertiary/aromatic N) is 1. The summed E-state index contributed by atoms with van der Waals surface area (Å²) >= 11 is 0. The zero-order valence-electron chi connectivity index (χ0n) is 27.7. The Morgan fingerprint density at radius 3 is 2.25 bits per heavy atom. The van der Waals surface area contributed by atoms with Gasteiger partial charge in [-0.05, 0) is 67.8 Å². The molecule has 4 atom stereocenters. The molecule has 1 saturated heterocycles. The van der Waals surface area contributed by atoms with E-state index in [1.165, 1.54) is 5.56 Å². The zero-order chi connectivity index (χ0) is 33.9. The lowest BCUT2D eigenvalue weighted by Gasteiger charge is -2.39. The maximum absolute atomic E-state index is 12.8. The molecule has 48 heavy (non-hydrogen) atoms. The Hall–Kier alpha value is -4.54. The van der Waals surface area contributed by atoms with E-state index in [2.05, 4.69) is 53.8 Å². The van der Waals surface area contributed by atoms with Crippen LogP contribution in [0.25, 0.3) is 0 Å². The number of benzene rings is 4. The number of likely N-dealkylation sites (N-methyl/N-ethyl adjacent to an activating group) is 1. The summed E-state index contributed by atoms with van der Waals surface area (Å²) in [6.45, 7) is 2.88. The first-order valence-electron chi connectivity index (χ1n) is 16.6. The summed E-state index contributed by atoms with van der Waals surface area (Å²) in [4.78, 5) is 27.4. The number of aliphatic hydroxyl groups excluding tert-OH is 1. The van der Waals surface area contributed by atoms with Crippen LogP contribution in [0, 0.1) is 0 Å². The minimum Gasteiger partial charge on any atom is -0.397 e. The number of unbranched alkanes of at least 4 members (excludes halogenated alkanes) is 1. The smallest absolute Gasteiger partial charge is 0.224 e. The van der Waals surface area contributed by atoms with Gasteiger partial charge in [-0.3, -0.25) is 14.5 Å². The maximum Gasteiger partial charge on any atom is 0.224 e. The lowest BCUT2D eigenvalue weighted by molar-refractivity contribution is -0.253. The lowest BCUT2D eigenvalue weighted by atomic mass is 9.99. The topological polar surface area (TPSA) is 126 Å². The third kappa shape index (κ3) is 9.74. The molecule has 1 fully saturated rings. The van der Waals surface area contributed by atoms with E-state index in [0.717, 1.165) is 16.7 Å². The fraction of sp³-hybridized carbons (Fsp3) is 0.333. The van der Waals surface area contributed by atoms with Crippen molar-refractivity contribution in [1.82, 2.24) is 4.90 Å². The first-order valence-corrected chi connectivity index (χ1v) is 16.6. The third-order valence-corrected chi connectivity index (χ3v) is 8.78. The predicted molar refractivity (Wildman–Crippen MR) is 189 cm³/mol. The van der Waals surface area contributed by atoms with Crippen LogP contribution in [0.2, 0.25) is 0 Å². The first-order chi connectivity index (χ1) is 23.3. The molecule has 1 aliphatic rings. The Morgan fingerprint density at radius 1 is 0.854 bits per heavy atom. The van der Waals surface area contributed by atoms with E-state index in [1.807, 2.05) is 66.7 Å². The zero-order valence-corrected chi connectivity index (χ0v) is 27.7. The van der Waals surface area contributed by atoms with Crippen molar-refractivity contribution in [3.8, 4) is 0 Å². The number of ether oxygens (including phenoxy) is 2. The molecule has 0 bridgehead atoms. The van der Waals surface area contributed by atoms with Crippen LogP contribution in [-0.4, -0.2) is 41.5 Å². The fourth-order valence-corrected chi connectivity index (χ4v) is 5.88. The van der Waals surface area contributed by atoms with Gasteiger partial charge in [0.15, 0.2) is 6.29 Å². The summed E-state index contributed by atoms with van der Waals surface area (Å²) < 4.78 is 13.1. The van der Waals surface area contributed by atoms with Gasteiger partial charge in [0.25, 0.3) is 0 Å². The quantitative estimate of drug-likeness (QED) is 0.0845. The number of para-hydroxylation sites is 2. The monoisotopic (exact) mass is 650 g/mol. The number of anilines is 3. The van der Waals surface area contributed by atoms with Gasteiger partial charge >= 0.3 is 0 Å². The van der Waals surface area contributed by atoms with E-state index >= 15 is 0 Å². The fourth-order valence-electron chi connectivity index (χ4n) is 5.88. The highest BCUT2D eigenvalue weighted by Gasteiger charge is 2.33. The molecule has 1 heterocycles. The van der Waals surface area contributed by atoms with Gasteiger partial charge < -0.3 is 30.9 Å². The summed E-state index contributed by atoms with van der Waals surface area (Å²) in [6, 6.07) is 33.2. The number of aliphatic hydroxyl groups is 1. The molecule has 0 aromatic heterocycles. The molecule has 2 amide bonds. The average molecular weight is 651 g/mol. The van der Waals surface area contributed by atoms with E-state index in [4.69, 9.17) is 15.2 Å². The predicted octanol–water partition coefficient (Wildman–Crippen LogP) is 7.14. The normalized spacial score (nSPS) is 18.3. The van der Waals surface area contributed by atoms with Crippen LogP contribution in [0.5, 0.6) is 0 Å². The molecule has 5 N–H and O–H groups in total. The molecule has 252 valence electrons. The molecule has 4 aromatic carbocycles. The van der Waals surface area contributed by atoms with Crippen molar-refractivity contribution in [2.24, 2.45) is 0 Å². The highest BCUT2D eigenvalue weighted by Crippen LogP contribution is 2.39. The molecule has 0 spiro atoms. The van der Waals surface area contributed by atoms with Crippen LogP contribution < -0.4 is 16.4 Å². The Morgan fingerprint density at radius 2 is 1.54 bits per heavy atom. The van der Waals surface area contributed by atoms with Crippen molar-refractivity contribution >= 4 is 28.9 Å². The summed E-state index contributed by atoms with van der Waals surface area (Å²) in [5.41, 5.74) is 11.6. The van der Waals surface area contributed by atoms with E-state index in [9.17, 15) is 14.7 Å². The Balaban J connectivity index is 1.19. The second-order valence-electron chi connectivity index (χ2n) is 12.4. The molecule has 9 nitrogen and oxygen atoms in total. The van der Waals surface area contributed by atoms with Gasteiger partial charge in [-0.25, -0.2) is 0 Å². The number of hydrogen-bond acceptors (Lipinski definition) is 7. The van der Waals surface area contributed by atoms with Gasteiger partial charge in [-0.2, -0.15) is 0 Å².